The molecule has 0 atom stereocenters. The summed E-state index contributed by atoms with van der Waals surface area (Å²) in [5.41, 5.74) is 10.3. The molecule has 0 bridgehead atoms. The van der Waals surface area contributed by atoms with Crippen molar-refractivity contribution in [3.05, 3.63) is 207 Å². The van der Waals surface area contributed by atoms with Crippen LogP contribution in [0.5, 0.6) is 0 Å². The Labute approximate surface area is 399 Å². The maximum absolute atomic E-state index is 10.7. The molecule has 0 radical (unpaired) electrons. The van der Waals surface area contributed by atoms with Gasteiger partial charge >= 0.3 is 85.5 Å². The van der Waals surface area contributed by atoms with Crippen molar-refractivity contribution in [1.29, 1.82) is 0 Å². The van der Waals surface area contributed by atoms with E-state index in [2.05, 4.69) is 54.2 Å². The van der Waals surface area contributed by atoms with Gasteiger partial charge in [0, 0.05) is 48.3 Å². The van der Waals surface area contributed by atoms with Gasteiger partial charge in [0.2, 0.25) is 0 Å². The second-order valence-electron chi connectivity index (χ2n) is 13.6. The summed E-state index contributed by atoms with van der Waals surface area (Å²) >= 11 is 0. The van der Waals surface area contributed by atoms with Crippen molar-refractivity contribution in [2.75, 3.05) is 0 Å². The van der Waals surface area contributed by atoms with Gasteiger partial charge in [0.15, 0.2) is 0 Å². The number of nitrogens with zero attached hydrogens (tertiary/aromatic N) is 8. The normalized spacial score (nSPS) is 12.7. The molecule has 0 spiro atoms. The Bertz CT molecular complexity index is 2550. The average Bonchev–Trinajstić information content (AvgIpc) is 3.32. The van der Waals surface area contributed by atoms with Crippen LogP contribution in [0.1, 0.15) is 0 Å². The van der Waals surface area contributed by atoms with E-state index >= 15 is 0 Å². The second-order valence-corrected chi connectivity index (χ2v) is 17.4. The maximum atomic E-state index is 9.87. The molecule has 0 aliphatic rings. The molecule has 0 aliphatic carbocycles. The molecule has 0 aliphatic heterocycles. The van der Waals surface area contributed by atoms with E-state index in [0.29, 0.717) is 11.4 Å². The van der Waals surface area contributed by atoms with Crippen LogP contribution in [0.3, 0.4) is 0 Å². The van der Waals surface area contributed by atoms with Crippen LogP contribution in [-0.2, 0) is 19.5 Å². The molecular weight excluding hydrogens is 1060 g/mol. The summed E-state index contributed by atoms with van der Waals surface area (Å²) in [5.74, 6) is 0. The maximum Gasteiger partial charge on any atom is 2.00 e. The van der Waals surface area contributed by atoms with Gasteiger partial charge in [-0.05, 0) is 72.8 Å². The van der Waals surface area contributed by atoms with Gasteiger partial charge in [0.1, 0.15) is 11.4 Å². The third kappa shape index (κ3) is 22.6. The fraction of sp³-hybridized carbons (Fsp3) is 0. The zero-order valence-corrected chi connectivity index (χ0v) is 38.5. The molecule has 0 amide bonds. The Hall–Kier alpha value is -6.94. The van der Waals surface area contributed by atoms with Crippen LogP contribution < -0.4 is 0 Å². The van der Waals surface area contributed by atoms with Gasteiger partial charge in [0.05, 0.1) is 45.6 Å². The fourth-order valence-corrected chi connectivity index (χ4v) is 5.45. The van der Waals surface area contributed by atoms with Crippen molar-refractivity contribution in [3.63, 3.8) is 0 Å². The number of benzene rings is 2. The number of pyridine rings is 6. The van der Waals surface area contributed by atoms with Crippen LogP contribution in [-0.4, -0.2) is 39.9 Å². The molecule has 8 nitrogen and oxygen atoms in total. The monoisotopic (exact) mass is 1090 g/mol. The Morgan fingerprint density at radius 2 is 0.420 bits per heavy atom. The summed E-state index contributed by atoms with van der Waals surface area (Å²) in [5, 5.41) is 0. The predicted molar refractivity (Wildman–Crippen MR) is 241 cm³/mol. The summed E-state index contributed by atoms with van der Waals surface area (Å²) in [6.07, 6.45) is 10.6. The van der Waals surface area contributed by atoms with E-state index in [4.69, 9.17) is 9.97 Å². The smallest absolute Gasteiger partial charge is 0.255 e. The summed E-state index contributed by atoms with van der Waals surface area (Å²) in [7, 11) is -21.3. The first-order valence-corrected chi connectivity index (χ1v) is 23.4. The van der Waals surface area contributed by atoms with E-state index in [1.54, 1.807) is 37.2 Å². The van der Waals surface area contributed by atoms with E-state index in [1.165, 1.54) is 0 Å². The molecule has 0 saturated carbocycles. The van der Waals surface area contributed by atoms with E-state index in [1.807, 2.05) is 146 Å². The van der Waals surface area contributed by atoms with Crippen molar-refractivity contribution in [1.82, 2.24) is 39.9 Å². The summed E-state index contributed by atoms with van der Waals surface area (Å²) in [6.45, 7) is 0. The van der Waals surface area contributed by atoms with Gasteiger partial charge in [-0.3, -0.25) is 29.9 Å². The minimum atomic E-state index is -10.7. The molecule has 7 heterocycles. The third-order valence-corrected chi connectivity index (χ3v) is 7.99. The Kier molecular flexibility index (Phi) is 17.1. The number of rotatable bonds is 6. The van der Waals surface area contributed by atoms with Crippen LogP contribution >= 0.6 is 15.6 Å². The number of hydrogen-bond donors (Lipinski definition) is 0. The Morgan fingerprint density at radius 3 is 0.609 bits per heavy atom. The molecule has 23 heteroatoms. The molecule has 7 aromatic heterocycles. The first-order valence-electron chi connectivity index (χ1n) is 19.4. The fourth-order valence-electron chi connectivity index (χ4n) is 5.45. The largest absolute Gasteiger partial charge is 2.00 e. The minimum Gasteiger partial charge on any atom is -0.255 e. The van der Waals surface area contributed by atoms with Crippen LogP contribution in [0.2, 0.25) is 0 Å². The second kappa shape index (κ2) is 21.6. The van der Waals surface area contributed by atoms with Crippen molar-refractivity contribution in [2.45, 2.75) is 0 Å². The summed E-state index contributed by atoms with van der Waals surface area (Å²) < 4.78 is 118. The molecule has 360 valence electrons. The van der Waals surface area contributed by atoms with Crippen LogP contribution in [0.15, 0.2) is 207 Å². The van der Waals surface area contributed by atoms with Crippen LogP contribution in [0.4, 0.5) is 50.4 Å². The zero-order chi connectivity index (χ0) is 49.4. The quantitative estimate of drug-likeness (QED) is 0.0922. The average molecular weight is 1090 g/mol. The molecule has 9 rings (SSSR count). The third-order valence-electron chi connectivity index (χ3n) is 7.99. The molecule has 0 unspecified atom stereocenters. The molecule has 2 aromatic carbocycles. The van der Waals surface area contributed by atoms with Gasteiger partial charge in [-0.25, -0.2) is 9.97 Å². The van der Waals surface area contributed by atoms with Crippen molar-refractivity contribution < 1.29 is 69.8 Å². The van der Waals surface area contributed by atoms with E-state index in [9.17, 15) is 50.4 Å². The molecule has 0 N–H and O–H groups in total. The predicted octanol–water partition coefficient (Wildman–Crippen LogP) is 17.0. The number of aromatic nitrogens is 8. The van der Waals surface area contributed by atoms with Crippen molar-refractivity contribution in [2.24, 2.45) is 0 Å². The minimum absolute atomic E-state index is 0. The van der Waals surface area contributed by atoms with Gasteiger partial charge in [-0.15, -0.1) is 0 Å². The van der Waals surface area contributed by atoms with Gasteiger partial charge < -0.3 is 0 Å². The van der Waals surface area contributed by atoms with Crippen molar-refractivity contribution >= 4 is 15.6 Å². The van der Waals surface area contributed by atoms with E-state index in [0.717, 1.165) is 56.7 Å². The SMILES string of the molecule is F[P-](F)(F)(F)(F)F.F[P-](F)(F)(F)(F)F.[Ru+2].c1ccc(-c2ccccn2)nc1.c1ccc(-c2ccccn2)nc1.c1ccc(-c2nc(-c3ccccn3)c(-c3ccccn3)nc2-c2ccccc2)cc1. The first kappa shape index (κ1) is 54.7. The number of hydrogen-bond acceptors (Lipinski definition) is 8. The molecule has 0 fully saturated rings. The van der Waals surface area contributed by atoms with Gasteiger partial charge in [0.25, 0.3) is 0 Å². The van der Waals surface area contributed by atoms with E-state index in [-0.39, 0.29) is 19.5 Å². The van der Waals surface area contributed by atoms with Crippen LogP contribution in [0, 0.1) is 0 Å². The zero-order valence-electron chi connectivity index (χ0n) is 35.0. The molecule has 0 saturated heterocycles. The van der Waals surface area contributed by atoms with Crippen molar-refractivity contribution in [3.8, 4) is 68.1 Å². The van der Waals surface area contributed by atoms with Gasteiger partial charge in [-0.1, -0.05) is 97.1 Å². The first-order chi connectivity index (χ1) is 31.7. The standard InChI is InChI=1S/C26H18N4.2C10H8N2.2F6P.Ru/c1-3-11-19(12-4-1)23-24(20-13-5-2-6-14-20)30-26(22-16-8-10-18-28-22)25(29-23)21-15-7-9-17-27-21;2*1-3-7-11-9(5-1)10-6-2-4-8-12-10;2*1-7(2,3,4,5)6;/h1-18H;2*1-8H;;;/q;;;2*-1;+2. The topological polar surface area (TPSA) is 103 Å². The van der Waals surface area contributed by atoms with E-state index < -0.39 is 15.6 Å². The van der Waals surface area contributed by atoms with Gasteiger partial charge in [-0.2, -0.15) is 0 Å². The molecule has 9 aromatic rings. The Morgan fingerprint density at radius 1 is 0.232 bits per heavy atom. The molecular formula is C46H34F12N8P2Ru. The number of halogens is 12. The summed E-state index contributed by atoms with van der Waals surface area (Å²) in [6, 6.07) is 55.1. The van der Waals surface area contributed by atoms with Crippen LogP contribution in [0.25, 0.3) is 68.1 Å². The molecule has 69 heavy (non-hydrogen) atoms. The Balaban J connectivity index is 0.000000219. The summed E-state index contributed by atoms with van der Waals surface area (Å²) in [4.78, 5) is 36.0.